The predicted molar refractivity (Wildman–Crippen MR) is 88.0 cm³/mol. The molecule has 1 aliphatic heterocycles. The number of methoxy groups -OCH3 is 1. The van der Waals surface area contributed by atoms with Crippen molar-refractivity contribution in [2.75, 3.05) is 33.3 Å². The standard InChI is InChI=1S/C17H20N4O3/c1-24-15-11-13(4-6-19-15)16(22)20-7-2-8-21(10-9-20)17(23)14-3-5-18-12-14/h3-6,11-12,18H,2,7-10H2,1H3. The number of amides is 2. The lowest BCUT2D eigenvalue weighted by Gasteiger charge is -2.22. The highest BCUT2D eigenvalue weighted by molar-refractivity contribution is 5.95. The van der Waals surface area contributed by atoms with Gasteiger partial charge in [0.2, 0.25) is 5.88 Å². The molecule has 1 fully saturated rings. The summed E-state index contributed by atoms with van der Waals surface area (Å²) in [6, 6.07) is 5.08. The van der Waals surface area contributed by atoms with Crippen molar-refractivity contribution in [3.05, 3.63) is 47.9 Å². The third-order valence-electron chi connectivity index (χ3n) is 4.11. The number of hydrogen-bond donors (Lipinski definition) is 1. The fourth-order valence-electron chi connectivity index (χ4n) is 2.80. The first kappa shape index (κ1) is 16.0. The van der Waals surface area contributed by atoms with E-state index in [1.54, 1.807) is 46.6 Å². The highest BCUT2D eigenvalue weighted by Crippen LogP contribution is 2.14. The van der Waals surface area contributed by atoms with E-state index in [4.69, 9.17) is 4.74 Å². The molecule has 0 aromatic carbocycles. The molecule has 0 spiro atoms. The summed E-state index contributed by atoms with van der Waals surface area (Å²) in [5, 5.41) is 0. The Labute approximate surface area is 140 Å². The molecule has 0 aliphatic carbocycles. The molecule has 0 radical (unpaired) electrons. The minimum atomic E-state index is -0.0633. The number of pyridine rings is 1. The lowest BCUT2D eigenvalue weighted by Crippen LogP contribution is -2.37. The highest BCUT2D eigenvalue weighted by Gasteiger charge is 2.24. The Morgan fingerprint density at radius 1 is 1.08 bits per heavy atom. The monoisotopic (exact) mass is 328 g/mol. The van der Waals surface area contributed by atoms with E-state index in [9.17, 15) is 9.59 Å². The molecule has 7 nitrogen and oxygen atoms in total. The van der Waals surface area contributed by atoms with Gasteiger partial charge in [0, 0.05) is 56.4 Å². The summed E-state index contributed by atoms with van der Waals surface area (Å²) in [6.07, 6.45) is 5.74. The van der Waals surface area contributed by atoms with Crippen LogP contribution in [0.1, 0.15) is 27.1 Å². The van der Waals surface area contributed by atoms with Gasteiger partial charge in [-0.05, 0) is 18.6 Å². The first-order valence-corrected chi connectivity index (χ1v) is 7.90. The average molecular weight is 328 g/mol. The molecular weight excluding hydrogens is 308 g/mol. The van der Waals surface area contributed by atoms with Crippen molar-refractivity contribution in [2.24, 2.45) is 0 Å². The van der Waals surface area contributed by atoms with E-state index >= 15 is 0 Å². The first-order valence-electron chi connectivity index (χ1n) is 7.90. The number of carbonyl (C=O) groups is 2. The number of aromatic amines is 1. The number of hydrogen-bond acceptors (Lipinski definition) is 4. The summed E-state index contributed by atoms with van der Waals surface area (Å²) in [6.45, 7) is 2.31. The van der Waals surface area contributed by atoms with E-state index in [2.05, 4.69) is 9.97 Å². The highest BCUT2D eigenvalue weighted by atomic mass is 16.5. The number of nitrogens with one attached hydrogen (secondary N) is 1. The molecule has 0 atom stereocenters. The van der Waals surface area contributed by atoms with Crippen molar-refractivity contribution in [1.29, 1.82) is 0 Å². The van der Waals surface area contributed by atoms with Crippen molar-refractivity contribution in [2.45, 2.75) is 6.42 Å². The van der Waals surface area contributed by atoms with Crippen LogP contribution in [0.25, 0.3) is 0 Å². The second-order valence-electron chi connectivity index (χ2n) is 5.62. The van der Waals surface area contributed by atoms with Crippen LogP contribution in [0.5, 0.6) is 5.88 Å². The summed E-state index contributed by atoms with van der Waals surface area (Å²) in [4.78, 5) is 35.6. The van der Waals surface area contributed by atoms with Crippen molar-refractivity contribution in [3.8, 4) is 5.88 Å². The minimum Gasteiger partial charge on any atom is -0.481 e. The lowest BCUT2D eigenvalue weighted by molar-refractivity contribution is 0.0718. The van der Waals surface area contributed by atoms with Crippen LogP contribution in [0.3, 0.4) is 0 Å². The normalized spacial score (nSPS) is 15.0. The maximum Gasteiger partial charge on any atom is 0.255 e. The van der Waals surface area contributed by atoms with Crippen LogP contribution in [-0.2, 0) is 0 Å². The zero-order chi connectivity index (χ0) is 16.9. The van der Waals surface area contributed by atoms with Crippen molar-refractivity contribution >= 4 is 11.8 Å². The molecule has 1 N–H and O–H groups in total. The summed E-state index contributed by atoms with van der Waals surface area (Å²) >= 11 is 0. The van der Waals surface area contributed by atoms with Gasteiger partial charge in [0.25, 0.3) is 11.8 Å². The number of rotatable bonds is 3. The third-order valence-corrected chi connectivity index (χ3v) is 4.11. The number of aromatic nitrogens is 2. The zero-order valence-corrected chi connectivity index (χ0v) is 13.6. The van der Waals surface area contributed by atoms with Crippen LogP contribution in [-0.4, -0.2) is 64.9 Å². The summed E-state index contributed by atoms with van der Waals surface area (Å²) < 4.78 is 5.07. The van der Waals surface area contributed by atoms with Gasteiger partial charge in [0.1, 0.15) is 0 Å². The Morgan fingerprint density at radius 3 is 2.42 bits per heavy atom. The molecule has 2 aromatic heterocycles. The molecule has 1 aliphatic rings. The maximum absolute atomic E-state index is 12.7. The molecular formula is C17H20N4O3. The lowest BCUT2D eigenvalue weighted by atomic mass is 10.2. The van der Waals surface area contributed by atoms with Crippen LogP contribution in [0, 0.1) is 0 Å². The van der Waals surface area contributed by atoms with Crippen LogP contribution in [0.15, 0.2) is 36.8 Å². The van der Waals surface area contributed by atoms with E-state index in [0.29, 0.717) is 43.2 Å². The maximum atomic E-state index is 12.7. The van der Waals surface area contributed by atoms with Crippen molar-refractivity contribution < 1.29 is 14.3 Å². The summed E-state index contributed by atoms with van der Waals surface area (Å²) in [5.41, 5.74) is 1.20. The molecule has 0 unspecified atom stereocenters. The van der Waals surface area contributed by atoms with Crippen LogP contribution >= 0.6 is 0 Å². The molecule has 2 amide bonds. The molecule has 0 bridgehead atoms. The zero-order valence-electron chi connectivity index (χ0n) is 13.6. The van der Waals surface area contributed by atoms with E-state index in [1.165, 1.54) is 7.11 Å². The predicted octanol–water partition coefficient (Wildman–Crippen LogP) is 1.41. The van der Waals surface area contributed by atoms with Gasteiger partial charge in [0.15, 0.2) is 0 Å². The largest absolute Gasteiger partial charge is 0.481 e. The Morgan fingerprint density at radius 2 is 1.79 bits per heavy atom. The minimum absolute atomic E-state index is 0.00358. The van der Waals surface area contributed by atoms with Crippen LogP contribution in [0.2, 0.25) is 0 Å². The summed E-state index contributed by atoms with van der Waals surface area (Å²) in [7, 11) is 1.52. The Bertz CT molecular complexity index is 714. The van der Waals surface area contributed by atoms with Crippen LogP contribution in [0.4, 0.5) is 0 Å². The fourth-order valence-corrected chi connectivity index (χ4v) is 2.80. The Hall–Kier alpha value is -2.83. The molecule has 1 saturated heterocycles. The molecule has 3 rings (SSSR count). The smallest absolute Gasteiger partial charge is 0.255 e. The van der Waals surface area contributed by atoms with Crippen molar-refractivity contribution in [1.82, 2.24) is 19.8 Å². The number of nitrogens with zero attached hydrogens (tertiary/aromatic N) is 3. The van der Waals surface area contributed by atoms with Gasteiger partial charge in [-0.2, -0.15) is 0 Å². The molecule has 0 saturated carbocycles. The van der Waals surface area contributed by atoms with Crippen molar-refractivity contribution in [3.63, 3.8) is 0 Å². The number of ether oxygens (including phenoxy) is 1. The molecule has 7 heteroatoms. The number of carbonyl (C=O) groups excluding carboxylic acids is 2. The fraction of sp³-hybridized carbons (Fsp3) is 0.353. The van der Waals surface area contributed by atoms with Gasteiger partial charge in [-0.1, -0.05) is 0 Å². The molecule has 2 aromatic rings. The first-order chi connectivity index (χ1) is 11.7. The van der Waals surface area contributed by atoms with Crippen LogP contribution < -0.4 is 4.74 Å². The quantitative estimate of drug-likeness (QED) is 0.924. The average Bonchev–Trinajstić information content (AvgIpc) is 3.05. The Kier molecular flexibility index (Phi) is 4.79. The van der Waals surface area contributed by atoms with Gasteiger partial charge in [-0.15, -0.1) is 0 Å². The second-order valence-corrected chi connectivity index (χ2v) is 5.62. The topological polar surface area (TPSA) is 78.5 Å². The summed E-state index contributed by atoms with van der Waals surface area (Å²) in [5.74, 6) is 0.350. The molecule has 3 heterocycles. The van der Waals surface area contributed by atoms with E-state index in [0.717, 1.165) is 6.42 Å². The van der Waals surface area contributed by atoms with E-state index in [1.807, 2.05) is 0 Å². The van der Waals surface area contributed by atoms with E-state index in [-0.39, 0.29) is 11.8 Å². The SMILES string of the molecule is COc1cc(C(=O)N2CCCN(C(=O)c3cc[nH]c3)CC2)ccn1. The van der Waals surface area contributed by atoms with Gasteiger partial charge in [-0.25, -0.2) is 4.98 Å². The van der Waals surface area contributed by atoms with Gasteiger partial charge in [0.05, 0.1) is 12.7 Å². The number of H-pyrrole nitrogens is 1. The third kappa shape index (κ3) is 3.40. The second kappa shape index (κ2) is 7.16. The Balaban J connectivity index is 1.66. The van der Waals surface area contributed by atoms with Gasteiger partial charge < -0.3 is 19.5 Å². The van der Waals surface area contributed by atoms with Gasteiger partial charge >= 0.3 is 0 Å². The molecule has 126 valence electrons. The van der Waals surface area contributed by atoms with E-state index < -0.39 is 0 Å². The van der Waals surface area contributed by atoms with Gasteiger partial charge in [-0.3, -0.25) is 9.59 Å². The molecule has 24 heavy (non-hydrogen) atoms.